The summed E-state index contributed by atoms with van der Waals surface area (Å²) in [4.78, 5) is 4.89. The molecule has 0 aliphatic heterocycles. The summed E-state index contributed by atoms with van der Waals surface area (Å²) in [7, 11) is 0. The Hall–Kier alpha value is -8.18. The number of rotatable bonds is 6. The monoisotopic (exact) mass is 846 g/mol. The summed E-state index contributed by atoms with van der Waals surface area (Å²) in [6, 6.07) is 84.5. The highest BCUT2D eigenvalue weighted by Crippen LogP contribution is 2.65. The van der Waals surface area contributed by atoms with Crippen LogP contribution in [0.15, 0.2) is 235 Å². The summed E-state index contributed by atoms with van der Waals surface area (Å²) < 4.78 is 9.31. The minimum Gasteiger partial charge on any atom is -0.454 e. The lowest BCUT2D eigenvalue weighted by Gasteiger charge is -2.33. The molecule has 2 heterocycles. The number of hydrogen-bond acceptors (Lipinski definition) is 4. The molecular formula is C61H38N2OS. The molecule has 2 aliphatic rings. The number of fused-ring (bicyclic) bond motifs is 16. The van der Waals surface area contributed by atoms with Crippen molar-refractivity contribution in [1.29, 1.82) is 0 Å². The van der Waals surface area contributed by atoms with Gasteiger partial charge in [0.25, 0.3) is 0 Å². The second-order valence-electron chi connectivity index (χ2n) is 17.1. The number of benzene rings is 10. The van der Waals surface area contributed by atoms with E-state index in [2.05, 4.69) is 234 Å². The predicted molar refractivity (Wildman–Crippen MR) is 272 cm³/mol. The summed E-state index contributed by atoms with van der Waals surface area (Å²) in [5.74, 6) is 0. The van der Waals surface area contributed by atoms with Gasteiger partial charge < -0.3 is 14.2 Å². The van der Waals surface area contributed by atoms with Crippen LogP contribution in [0.2, 0.25) is 0 Å². The normalized spacial score (nSPS) is 14.5. The van der Waals surface area contributed by atoms with E-state index >= 15 is 0 Å². The molecule has 0 saturated carbocycles. The first-order valence-electron chi connectivity index (χ1n) is 22.3. The number of para-hydroxylation sites is 4. The maximum Gasteiger partial charge on any atom is 0.159 e. The Morgan fingerprint density at radius 1 is 0.354 bits per heavy atom. The Bertz CT molecular complexity index is 3860. The van der Waals surface area contributed by atoms with Crippen LogP contribution in [0.3, 0.4) is 0 Å². The Morgan fingerprint density at radius 3 is 1.74 bits per heavy atom. The highest BCUT2D eigenvalue weighted by Gasteiger charge is 2.52. The minimum atomic E-state index is -0.594. The lowest BCUT2D eigenvalue weighted by Crippen LogP contribution is -2.26. The molecular weight excluding hydrogens is 809 g/mol. The Kier molecular flexibility index (Phi) is 7.77. The Balaban J connectivity index is 1.05. The van der Waals surface area contributed by atoms with E-state index in [9.17, 15) is 0 Å². The standard InChI is InChI=1S/C61H38N2OS/c1-3-18-39(19-4-1)62(54-32-15-26-46-44-23-9-13-34-56(44)64-59(46)54)41-36-37-43-42-22-7-11-28-49(42)61(52(43)38-41)50-29-12-8-25-48(50)58-51(61)30-17-31-53(58)63(40-20-5-2-6-21-40)55-33-16-27-47-45-24-10-14-35-57(45)65-60(47)55/h1-38H. The first-order valence-corrected chi connectivity index (χ1v) is 23.1. The van der Waals surface area contributed by atoms with E-state index in [0.29, 0.717) is 0 Å². The molecule has 0 N–H and O–H groups in total. The zero-order valence-electron chi connectivity index (χ0n) is 35.2. The SMILES string of the molecule is c1ccc(N(c2ccc3c(c2)C2(c4ccccc4-3)c3ccccc3-c3c(N(c4ccccc4)c4cccc5c4sc4ccccc45)cccc32)c2cccc3c2oc2ccccc23)cc1. The van der Waals surface area contributed by atoms with Gasteiger partial charge in [0.05, 0.1) is 27.2 Å². The van der Waals surface area contributed by atoms with E-state index in [4.69, 9.17) is 4.42 Å². The molecule has 0 radical (unpaired) electrons. The quantitative estimate of drug-likeness (QED) is 0.166. The Labute approximate surface area is 380 Å². The number of anilines is 6. The summed E-state index contributed by atoms with van der Waals surface area (Å²) in [6.45, 7) is 0. The third-order valence-electron chi connectivity index (χ3n) is 13.9. The molecule has 12 aromatic rings. The largest absolute Gasteiger partial charge is 0.454 e. The lowest BCUT2D eigenvalue weighted by molar-refractivity contribution is 0.669. The van der Waals surface area contributed by atoms with Gasteiger partial charge in [-0.2, -0.15) is 0 Å². The third-order valence-corrected chi connectivity index (χ3v) is 15.1. The summed E-state index contributed by atoms with van der Waals surface area (Å²) in [5, 5.41) is 4.79. The van der Waals surface area contributed by atoms with Crippen molar-refractivity contribution < 1.29 is 4.42 Å². The zero-order chi connectivity index (χ0) is 42.6. The van der Waals surface area contributed by atoms with E-state index in [1.54, 1.807) is 0 Å². The molecule has 304 valence electrons. The van der Waals surface area contributed by atoms with Gasteiger partial charge in [0.2, 0.25) is 0 Å². The van der Waals surface area contributed by atoms with E-state index in [-0.39, 0.29) is 0 Å². The van der Waals surface area contributed by atoms with Crippen molar-refractivity contribution in [3.63, 3.8) is 0 Å². The van der Waals surface area contributed by atoms with Crippen LogP contribution >= 0.6 is 11.3 Å². The number of thiophene rings is 1. The predicted octanol–water partition coefficient (Wildman–Crippen LogP) is 17.2. The van der Waals surface area contributed by atoms with Gasteiger partial charge in [-0.3, -0.25) is 0 Å². The van der Waals surface area contributed by atoms with Crippen LogP contribution in [-0.4, -0.2) is 0 Å². The highest BCUT2D eigenvalue weighted by molar-refractivity contribution is 7.26. The number of furan rings is 1. The van der Waals surface area contributed by atoms with Gasteiger partial charge >= 0.3 is 0 Å². The van der Waals surface area contributed by atoms with Crippen molar-refractivity contribution in [3.05, 3.63) is 253 Å². The van der Waals surface area contributed by atoms with Crippen molar-refractivity contribution in [2.75, 3.05) is 9.80 Å². The molecule has 0 fully saturated rings. The van der Waals surface area contributed by atoms with Crippen LogP contribution in [-0.2, 0) is 5.41 Å². The van der Waals surface area contributed by atoms with Gasteiger partial charge in [0.1, 0.15) is 5.58 Å². The second-order valence-corrected chi connectivity index (χ2v) is 18.2. The Morgan fingerprint density at radius 2 is 0.923 bits per heavy atom. The third kappa shape index (κ3) is 5.06. The van der Waals surface area contributed by atoms with Crippen LogP contribution in [0.4, 0.5) is 34.1 Å². The fourth-order valence-corrected chi connectivity index (χ4v) is 12.5. The fraction of sp³-hybridized carbons (Fsp3) is 0.0164. The van der Waals surface area contributed by atoms with Crippen molar-refractivity contribution in [3.8, 4) is 22.3 Å². The minimum absolute atomic E-state index is 0.594. The maximum atomic E-state index is 6.74. The summed E-state index contributed by atoms with van der Waals surface area (Å²) >= 11 is 1.87. The van der Waals surface area contributed by atoms with Crippen molar-refractivity contribution in [2.45, 2.75) is 5.41 Å². The van der Waals surface area contributed by atoms with Crippen molar-refractivity contribution in [2.24, 2.45) is 0 Å². The van der Waals surface area contributed by atoms with Crippen LogP contribution in [0.5, 0.6) is 0 Å². The first-order chi connectivity index (χ1) is 32.3. The molecule has 0 bridgehead atoms. The van der Waals surface area contributed by atoms with Gasteiger partial charge in [-0.05, 0) is 106 Å². The van der Waals surface area contributed by atoms with Gasteiger partial charge in [0.15, 0.2) is 5.58 Å². The second kappa shape index (κ2) is 13.9. The average Bonchev–Trinajstić information content (AvgIpc) is 4.11. The average molecular weight is 847 g/mol. The van der Waals surface area contributed by atoms with Crippen molar-refractivity contribution >= 4 is 87.6 Å². The van der Waals surface area contributed by atoms with E-state index in [0.717, 1.165) is 50.4 Å². The lowest BCUT2D eigenvalue weighted by atomic mass is 9.70. The highest BCUT2D eigenvalue weighted by atomic mass is 32.1. The fourth-order valence-electron chi connectivity index (χ4n) is 11.3. The molecule has 1 spiro atoms. The van der Waals surface area contributed by atoms with E-state index < -0.39 is 5.41 Å². The van der Waals surface area contributed by atoms with E-state index in [1.807, 2.05) is 17.4 Å². The molecule has 65 heavy (non-hydrogen) atoms. The van der Waals surface area contributed by atoms with Gasteiger partial charge in [-0.1, -0.05) is 164 Å². The van der Waals surface area contributed by atoms with Gasteiger partial charge in [-0.15, -0.1) is 11.3 Å². The molecule has 14 rings (SSSR count). The smallest absolute Gasteiger partial charge is 0.159 e. The first kappa shape index (κ1) is 36.3. The van der Waals surface area contributed by atoms with Gasteiger partial charge in [0, 0.05) is 48.9 Å². The van der Waals surface area contributed by atoms with Crippen LogP contribution < -0.4 is 9.80 Å². The summed E-state index contributed by atoms with van der Waals surface area (Å²) in [6.07, 6.45) is 0. The molecule has 2 aliphatic carbocycles. The van der Waals surface area contributed by atoms with Gasteiger partial charge in [-0.25, -0.2) is 0 Å². The molecule has 1 atom stereocenters. The topological polar surface area (TPSA) is 19.6 Å². The zero-order valence-corrected chi connectivity index (χ0v) is 36.0. The molecule has 0 amide bonds. The maximum absolute atomic E-state index is 6.74. The molecule has 1 unspecified atom stereocenters. The molecule has 3 nitrogen and oxygen atoms in total. The van der Waals surface area contributed by atoms with E-state index in [1.165, 1.54) is 70.4 Å². The molecule has 0 saturated heterocycles. The molecule has 2 aromatic heterocycles. The number of nitrogens with zero attached hydrogens (tertiary/aromatic N) is 2. The molecule has 10 aromatic carbocycles. The van der Waals surface area contributed by atoms with Crippen LogP contribution in [0, 0.1) is 0 Å². The number of hydrogen-bond donors (Lipinski definition) is 0. The summed E-state index contributed by atoms with van der Waals surface area (Å²) in [5.41, 5.74) is 17.9. The van der Waals surface area contributed by atoms with Crippen molar-refractivity contribution in [1.82, 2.24) is 0 Å². The molecule has 4 heteroatoms. The van der Waals surface area contributed by atoms with Crippen LogP contribution in [0.1, 0.15) is 22.3 Å². The van der Waals surface area contributed by atoms with Crippen LogP contribution in [0.25, 0.3) is 64.4 Å².